The molecule has 3 aromatic rings. The number of furan rings is 1. The second kappa shape index (κ2) is 8.25. The molecule has 1 heterocycles. The summed E-state index contributed by atoms with van der Waals surface area (Å²) in [4.78, 5) is 12.3. The van der Waals surface area contributed by atoms with Gasteiger partial charge in [0.1, 0.15) is 23.2 Å². The summed E-state index contributed by atoms with van der Waals surface area (Å²) in [6.07, 6.45) is -3.39. The van der Waals surface area contributed by atoms with Crippen molar-refractivity contribution in [1.82, 2.24) is 0 Å². The third-order valence-electron chi connectivity index (χ3n) is 3.88. The summed E-state index contributed by atoms with van der Waals surface area (Å²) in [5.74, 6) is -0.650. The van der Waals surface area contributed by atoms with E-state index in [9.17, 15) is 23.2 Å². The number of halogens is 4. The molecule has 0 spiro atoms. The van der Waals surface area contributed by atoms with Gasteiger partial charge in [0.2, 0.25) is 0 Å². The van der Waals surface area contributed by atoms with Crippen molar-refractivity contribution in [2.75, 3.05) is 5.32 Å². The van der Waals surface area contributed by atoms with Gasteiger partial charge in [-0.05, 0) is 42.5 Å². The van der Waals surface area contributed by atoms with Crippen LogP contribution >= 0.6 is 11.6 Å². The predicted octanol–water partition coefficient (Wildman–Crippen LogP) is 6.16. The molecule has 2 aromatic carbocycles. The number of anilines is 1. The van der Waals surface area contributed by atoms with E-state index in [4.69, 9.17) is 16.0 Å². The fourth-order valence-electron chi connectivity index (χ4n) is 2.54. The first kappa shape index (κ1) is 20.2. The van der Waals surface area contributed by atoms with Crippen molar-refractivity contribution < 1.29 is 22.4 Å². The lowest BCUT2D eigenvalue weighted by molar-refractivity contribution is -0.137. The molecule has 4 nitrogen and oxygen atoms in total. The number of carbonyl (C=O) groups excluding carboxylic acids is 1. The highest BCUT2D eigenvalue weighted by Gasteiger charge is 2.34. The summed E-state index contributed by atoms with van der Waals surface area (Å²) in [6, 6.07) is 15.7. The number of hydrogen-bond donors (Lipinski definition) is 1. The fraction of sp³-hybridized carbons (Fsp3) is 0.0476. The van der Waals surface area contributed by atoms with Gasteiger partial charge in [-0.3, -0.25) is 4.79 Å². The Hall–Kier alpha value is -3.50. The van der Waals surface area contributed by atoms with Crippen LogP contribution in [0, 0.1) is 11.3 Å². The number of nitrogens with zero attached hydrogens (tertiary/aromatic N) is 1. The van der Waals surface area contributed by atoms with Gasteiger partial charge in [-0.25, -0.2) is 0 Å². The molecule has 1 N–H and O–H groups in total. The van der Waals surface area contributed by atoms with Crippen LogP contribution in [0.25, 0.3) is 17.4 Å². The molecular weight excluding hydrogens is 405 g/mol. The third kappa shape index (κ3) is 4.86. The number of nitriles is 1. The smallest absolute Gasteiger partial charge is 0.417 e. The molecule has 0 atom stereocenters. The average molecular weight is 417 g/mol. The number of benzene rings is 2. The van der Waals surface area contributed by atoms with Gasteiger partial charge in [0.15, 0.2) is 0 Å². The van der Waals surface area contributed by atoms with Gasteiger partial charge >= 0.3 is 6.18 Å². The molecule has 0 aliphatic heterocycles. The van der Waals surface area contributed by atoms with Gasteiger partial charge in [0.05, 0.1) is 5.56 Å². The molecule has 0 radical (unpaired) electrons. The van der Waals surface area contributed by atoms with E-state index < -0.39 is 17.6 Å². The molecule has 0 aliphatic carbocycles. The van der Waals surface area contributed by atoms with Crippen LogP contribution in [0.15, 0.2) is 70.7 Å². The molecule has 1 amide bonds. The minimum atomic E-state index is -4.55. The van der Waals surface area contributed by atoms with Crippen molar-refractivity contribution in [2.24, 2.45) is 0 Å². The van der Waals surface area contributed by atoms with E-state index in [1.165, 1.54) is 30.3 Å². The van der Waals surface area contributed by atoms with E-state index in [0.717, 1.165) is 12.1 Å². The Labute approximate surface area is 168 Å². The Morgan fingerprint density at radius 1 is 1.07 bits per heavy atom. The molecule has 8 heteroatoms. The second-order valence-electron chi connectivity index (χ2n) is 5.88. The van der Waals surface area contributed by atoms with Gasteiger partial charge in [0, 0.05) is 22.3 Å². The van der Waals surface area contributed by atoms with Crippen molar-refractivity contribution in [3.05, 3.63) is 82.6 Å². The van der Waals surface area contributed by atoms with Crippen LogP contribution in [0.1, 0.15) is 11.3 Å². The summed E-state index contributed by atoms with van der Waals surface area (Å²) in [5, 5.41) is 12.3. The molecule has 3 rings (SSSR count). The van der Waals surface area contributed by atoms with E-state index in [-0.39, 0.29) is 22.7 Å². The predicted molar refractivity (Wildman–Crippen MR) is 103 cm³/mol. The summed E-state index contributed by atoms with van der Waals surface area (Å²) in [7, 11) is 0. The first-order chi connectivity index (χ1) is 13.8. The second-order valence-corrected chi connectivity index (χ2v) is 6.31. The minimum Gasteiger partial charge on any atom is -0.457 e. The monoisotopic (exact) mass is 416 g/mol. The molecule has 0 fully saturated rings. The zero-order valence-electron chi connectivity index (χ0n) is 14.6. The van der Waals surface area contributed by atoms with Crippen molar-refractivity contribution in [2.45, 2.75) is 6.18 Å². The van der Waals surface area contributed by atoms with Gasteiger partial charge < -0.3 is 9.73 Å². The minimum absolute atomic E-state index is 0.0282. The summed E-state index contributed by atoms with van der Waals surface area (Å²) < 4.78 is 45.0. The highest BCUT2D eigenvalue weighted by atomic mass is 35.5. The Morgan fingerprint density at radius 3 is 2.41 bits per heavy atom. The topological polar surface area (TPSA) is 66.0 Å². The number of carbonyl (C=O) groups is 1. The SMILES string of the molecule is N#C/C(=C\c1ccc(-c2ccccc2C(F)(F)F)o1)C(=O)Nc1ccc(Cl)cc1. The lowest BCUT2D eigenvalue weighted by atomic mass is 10.1. The number of alkyl halides is 3. The lowest BCUT2D eigenvalue weighted by Gasteiger charge is -2.10. The molecular formula is C21H12ClF3N2O2. The van der Waals surface area contributed by atoms with Crippen LogP contribution < -0.4 is 5.32 Å². The first-order valence-electron chi connectivity index (χ1n) is 8.23. The van der Waals surface area contributed by atoms with Gasteiger partial charge in [-0.1, -0.05) is 29.8 Å². The van der Waals surface area contributed by atoms with Crippen LogP contribution in [0.5, 0.6) is 0 Å². The van der Waals surface area contributed by atoms with Crippen LogP contribution in [0.3, 0.4) is 0 Å². The van der Waals surface area contributed by atoms with Crippen molar-refractivity contribution in [3.63, 3.8) is 0 Å². The Kier molecular flexibility index (Phi) is 5.76. The quantitative estimate of drug-likeness (QED) is 0.409. The van der Waals surface area contributed by atoms with Crippen LogP contribution in [0.4, 0.5) is 18.9 Å². The molecule has 0 saturated carbocycles. The van der Waals surface area contributed by atoms with Crippen molar-refractivity contribution >= 4 is 29.3 Å². The Balaban J connectivity index is 1.86. The van der Waals surface area contributed by atoms with Crippen LogP contribution in [-0.4, -0.2) is 5.91 Å². The molecule has 29 heavy (non-hydrogen) atoms. The van der Waals surface area contributed by atoms with Crippen LogP contribution in [-0.2, 0) is 11.0 Å². The lowest BCUT2D eigenvalue weighted by Crippen LogP contribution is -2.13. The molecule has 0 unspecified atom stereocenters. The molecule has 0 aliphatic rings. The van der Waals surface area contributed by atoms with Gasteiger partial charge in [0.25, 0.3) is 5.91 Å². The fourth-order valence-corrected chi connectivity index (χ4v) is 2.67. The average Bonchev–Trinajstić information content (AvgIpc) is 3.15. The van der Waals surface area contributed by atoms with E-state index in [0.29, 0.717) is 10.7 Å². The molecule has 146 valence electrons. The van der Waals surface area contributed by atoms with Crippen LogP contribution in [0.2, 0.25) is 5.02 Å². The normalized spacial score (nSPS) is 11.8. The highest BCUT2D eigenvalue weighted by Crippen LogP contribution is 2.37. The van der Waals surface area contributed by atoms with E-state index >= 15 is 0 Å². The Bertz CT molecular complexity index is 1110. The number of nitrogens with one attached hydrogen (secondary N) is 1. The van der Waals surface area contributed by atoms with Gasteiger partial charge in [-0.15, -0.1) is 0 Å². The first-order valence-corrected chi connectivity index (χ1v) is 8.61. The number of hydrogen-bond acceptors (Lipinski definition) is 3. The number of amides is 1. The van der Waals surface area contributed by atoms with E-state index in [1.54, 1.807) is 30.3 Å². The zero-order valence-corrected chi connectivity index (χ0v) is 15.4. The summed E-state index contributed by atoms with van der Waals surface area (Å²) in [6.45, 7) is 0. The maximum atomic E-state index is 13.2. The largest absolute Gasteiger partial charge is 0.457 e. The summed E-state index contributed by atoms with van der Waals surface area (Å²) >= 11 is 5.78. The Morgan fingerprint density at radius 2 is 1.76 bits per heavy atom. The molecule has 1 aromatic heterocycles. The summed E-state index contributed by atoms with van der Waals surface area (Å²) in [5.41, 5.74) is -0.820. The van der Waals surface area contributed by atoms with E-state index in [1.807, 2.05) is 0 Å². The third-order valence-corrected chi connectivity index (χ3v) is 4.13. The standard InChI is InChI=1S/C21H12ClF3N2O2/c22-14-5-7-15(8-6-14)27-20(28)13(12-26)11-16-9-10-19(29-16)17-3-1-2-4-18(17)21(23,24)25/h1-11H,(H,27,28)/b13-11+. The highest BCUT2D eigenvalue weighted by molar-refractivity contribution is 6.30. The van der Waals surface area contributed by atoms with E-state index in [2.05, 4.69) is 5.32 Å². The van der Waals surface area contributed by atoms with Crippen molar-refractivity contribution in [1.29, 1.82) is 5.26 Å². The van der Waals surface area contributed by atoms with Crippen molar-refractivity contribution in [3.8, 4) is 17.4 Å². The maximum Gasteiger partial charge on any atom is 0.417 e. The molecule has 0 saturated heterocycles. The zero-order chi connectivity index (χ0) is 21.0. The maximum absolute atomic E-state index is 13.2. The number of rotatable bonds is 4. The van der Waals surface area contributed by atoms with Gasteiger partial charge in [-0.2, -0.15) is 18.4 Å². The molecule has 0 bridgehead atoms.